The van der Waals surface area contributed by atoms with Crippen molar-refractivity contribution >= 4 is 30.1 Å². The van der Waals surface area contributed by atoms with E-state index in [-0.39, 0.29) is 11.4 Å². The van der Waals surface area contributed by atoms with E-state index in [0.717, 1.165) is 0 Å². The summed E-state index contributed by atoms with van der Waals surface area (Å²) < 4.78 is 5.17. The zero-order chi connectivity index (χ0) is 13.1. The van der Waals surface area contributed by atoms with E-state index < -0.39 is 7.12 Å². The van der Waals surface area contributed by atoms with Crippen LogP contribution in [0, 0.1) is 0 Å². The van der Waals surface area contributed by atoms with E-state index in [1.54, 1.807) is 4.90 Å². The first-order chi connectivity index (χ1) is 8.58. The maximum absolute atomic E-state index is 12.2. The lowest BCUT2D eigenvalue weighted by molar-refractivity contribution is 0.0303. The lowest BCUT2D eigenvalue weighted by Gasteiger charge is -2.27. The third-order valence-electron chi connectivity index (χ3n) is 2.76. The first kappa shape index (κ1) is 13.4. The van der Waals surface area contributed by atoms with Crippen LogP contribution < -0.4 is 5.46 Å². The van der Waals surface area contributed by atoms with Crippen LogP contribution in [0.2, 0.25) is 5.02 Å². The fourth-order valence-corrected chi connectivity index (χ4v) is 2.08. The van der Waals surface area contributed by atoms with Gasteiger partial charge in [0.05, 0.1) is 13.2 Å². The Hall–Kier alpha value is -1.08. The predicted octanol–water partition coefficient (Wildman–Crippen LogP) is -0.508. The molecule has 0 spiro atoms. The highest BCUT2D eigenvalue weighted by atomic mass is 35.5. The van der Waals surface area contributed by atoms with Crippen molar-refractivity contribution in [3.8, 4) is 0 Å². The van der Waals surface area contributed by atoms with E-state index in [9.17, 15) is 4.79 Å². The maximum Gasteiger partial charge on any atom is 0.488 e. The second-order valence-corrected chi connectivity index (χ2v) is 4.49. The molecule has 1 aromatic carbocycles. The second kappa shape index (κ2) is 5.71. The van der Waals surface area contributed by atoms with Crippen LogP contribution in [0.15, 0.2) is 18.2 Å². The van der Waals surface area contributed by atoms with Gasteiger partial charge in [0.1, 0.15) is 0 Å². The highest BCUT2D eigenvalue weighted by Crippen LogP contribution is 2.13. The van der Waals surface area contributed by atoms with Crippen molar-refractivity contribution in [2.45, 2.75) is 0 Å². The summed E-state index contributed by atoms with van der Waals surface area (Å²) in [5, 5.41) is 18.5. The summed E-state index contributed by atoms with van der Waals surface area (Å²) in [6, 6.07) is 4.38. The Kier molecular flexibility index (Phi) is 4.24. The molecular weight excluding hydrogens is 256 g/mol. The number of hydrogen-bond acceptors (Lipinski definition) is 4. The molecule has 1 fully saturated rings. The Morgan fingerprint density at radius 1 is 1.28 bits per heavy atom. The molecule has 1 heterocycles. The van der Waals surface area contributed by atoms with Crippen molar-refractivity contribution < 1.29 is 19.6 Å². The summed E-state index contributed by atoms with van der Waals surface area (Å²) in [6.07, 6.45) is 0. The van der Waals surface area contributed by atoms with Gasteiger partial charge in [-0.3, -0.25) is 4.79 Å². The van der Waals surface area contributed by atoms with Gasteiger partial charge in [-0.25, -0.2) is 0 Å². The average Bonchev–Trinajstić information content (AvgIpc) is 2.38. The Balaban J connectivity index is 2.23. The number of rotatable bonds is 2. The molecule has 1 aliphatic rings. The van der Waals surface area contributed by atoms with Gasteiger partial charge in [0.15, 0.2) is 0 Å². The number of carbonyl (C=O) groups excluding carboxylic acids is 1. The first-order valence-electron chi connectivity index (χ1n) is 5.61. The molecule has 0 atom stereocenters. The number of ether oxygens (including phenoxy) is 1. The van der Waals surface area contributed by atoms with Crippen LogP contribution in [0.4, 0.5) is 0 Å². The molecule has 0 aromatic heterocycles. The number of halogens is 1. The molecule has 2 rings (SSSR count). The Bertz CT molecular complexity index is 449. The van der Waals surface area contributed by atoms with Crippen LogP contribution in [0.1, 0.15) is 10.4 Å². The van der Waals surface area contributed by atoms with Crippen molar-refractivity contribution in [1.29, 1.82) is 0 Å². The molecule has 0 aliphatic carbocycles. The molecule has 7 heteroatoms. The van der Waals surface area contributed by atoms with Crippen molar-refractivity contribution in [2.75, 3.05) is 26.3 Å². The minimum absolute atomic E-state index is 0.178. The molecule has 96 valence electrons. The normalized spacial score (nSPS) is 15.6. The van der Waals surface area contributed by atoms with Gasteiger partial charge in [-0.1, -0.05) is 11.6 Å². The van der Waals surface area contributed by atoms with Gasteiger partial charge in [-0.2, -0.15) is 0 Å². The van der Waals surface area contributed by atoms with Crippen LogP contribution in [-0.2, 0) is 4.74 Å². The molecule has 1 amide bonds. The Labute approximate surface area is 110 Å². The molecular formula is C11H13BClNO4. The SMILES string of the molecule is O=C(c1cc(Cl)cc(B(O)O)c1)N1CCOCC1. The molecule has 0 radical (unpaired) electrons. The third kappa shape index (κ3) is 3.03. The van der Waals surface area contributed by atoms with E-state index in [4.69, 9.17) is 26.4 Å². The molecule has 0 bridgehead atoms. The monoisotopic (exact) mass is 269 g/mol. The summed E-state index contributed by atoms with van der Waals surface area (Å²) in [5.41, 5.74) is 0.562. The van der Waals surface area contributed by atoms with Crippen molar-refractivity contribution in [2.24, 2.45) is 0 Å². The molecule has 1 aromatic rings. The van der Waals surface area contributed by atoms with E-state index in [2.05, 4.69) is 0 Å². The van der Waals surface area contributed by atoms with Gasteiger partial charge in [0.25, 0.3) is 5.91 Å². The van der Waals surface area contributed by atoms with Gasteiger partial charge in [0, 0.05) is 23.7 Å². The van der Waals surface area contributed by atoms with Crippen molar-refractivity contribution in [3.63, 3.8) is 0 Å². The third-order valence-corrected chi connectivity index (χ3v) is 2.98. The van der Waals surface area contributed by atoms with Crippen LogP contribution in [0.5, 0.6) is 0 Å². The first-order valence-corrected chi connectivity index (χ1v) is 5.99. The van der Waals surface area contributed by atoms with Gasteiger partial charge in [-0.15, -0.1) is 0 Å². The number of hydrogen-bond donors (Lipinski definition) is 2. The molecule has 0 saturated carbocycles. The fraction of sp³-hybridized carbons (Fsp3) is 0.364. The number of nitrogens with zero attached hydrogens (tertiary/aromatic N) is 1. The lowest BCUT2D eigenvalue weighted by Crippen LogP contribution is -2.41. The zero-order valence-electron chi connectivity index (χ0n) is 9.67. The quantitative estimate of drug-likeness (QED) is 0.710. The zero-order valence-corrected chi connectivity index (χ0v) is 10.4. The summed E-state index contributed by atoms with van der Waals surface area (Å²) in [6.45, 7) is 2.09. The van der Waals surface area contributed by atoms with Gasteiger partial charge < -0.3 is 19.7 Å². The summed E-state index contributed by atoms with van der Waals surface area (Å²) in [7, 11) is -1.64. The average molecular weight is 269 g/mol. The second-order valence-electron chi connectivity index (χ2n) is 4.05. The van der Waals surface area contributed by atoms with E-state index in [0.29, 0.717) is 36.9 Å². The van der Waals surface area contributed by atoms with E-state index in [1.165, 1.54) is 18.2 Å². The highest BCUT2D eigenvalue weighted by molar-refractivity contribution is 6.59. The van der Waals surface area contributed by atoms with E-state index >= 15 is 0 Å². The smallest absolute Gasteiger partial charge is 0.423 e. The minimum atomic E-state index is -1.64. The Morgan fingerprint density at radius 3 is 2.56 bits per heavy atom. The number of benzene rings is 1. The predicted molar refractivity (Wildman–Crippen MR) is 68.0 cm³/mol. The molecule has 1 aliphatic heterocycles. The lowest BCUT2D eigenvalue weighted by atomic mass is 9.79. The summed E-state index contributed by atoms with van der Waals surface area (Å²) >= 11 is 5.86. The van der Waals surface area contributed by atoms with Crippen LogP contribution in [0.3, 0.4) is 0 Å². The highest BCUT2D eigenvalue weighted by Gasteiger charge is 2.21. The molecule has 2 N–H and O–H groups in total. The number of morpholine rings is 1. The van der Waals surface area contributed by atoms with Crippen LogP contribution >= 0.6 is 11.6 Å². The molecule has 5 nitrogen and oxygen atoms in total. The number of amides is 1. The van der Waals surface area contributed by atoms with Crippen LogP contribution in [-0.4, -0.2) is 54.3 Å². The van der Waals surface area contributed by atoms with Crippen molar-refractivity contribution in [3.05, 3.63) is 28.8 Å². The topological polar surface area (TPSA) is 70.0 Å². The minimum Gasteiger partial charge on any atom is -0.423 e. The Morgan fingerprint density at radius 2 is 1.94 bits per heavy atom. The van der Waals surface area contributed by atoms with Crippen molar-refractivity contribution in [1.82, 2.24) is 4.90 Å². The maximum atomic E-state index is 12.2. The number of carbonyl (C=O) groups is 1. The molecule has 18 heavy (non-hydrogen) atoms. The molecule has 0 unspecified atom stereocenters. The van der Waals surface area contributed by atoms with Crippen LogP contribution in [0.25, 0.3) is 0 Å². The summed E-state index contributed by atoms with van der Waals surface area (Å²) in [5.74, 6) is -0.178. The standard InChI is InChI=1S/C11H13BClNO4/c13-10-6-8(5-9(7-10)12(16)17)11(15)14-1-3-18-4-2-14/h5-7,16-17H,1-4H2. The summed E-state index contributed by atoms with van der Waals surface area (Å²) in [4.78, 5) is 13.8. The molecule has 1 saturated heterocycles. The van der Waals surface area contributed by atoms with Gasteiger partial charge in [-0.05, 0) is 23.7 Å². The van der Waals surface area contributed by atoms with E-state index in [1.807, 2.05) is 0 Å². The fourth-order valence-electron chi connectivity index (χ4n) is 1.83. The van der Waals surface area contributed by atoms with Gasteiger partial charge >= 0.3 is 7.12 Å². The van der Waals surface area contributed by atoms with Gasteiger partial charge in [0.2, 0.25) is 0 Å². The largest absolute Gasteiger partial charge is 0.488 e.